The SMILES string of the molecule is COc1ccc(-n2nnnc2SCC(=O)Nc2cccc(S(=O)(=O)N(C)C)c2)cc1. The maximum absolute atomic E-state index is 12.3. The first-order chi connectivity index (χ1) is 14.3. The number of anilines is 1. The van der Waals surface area contributed by atoms with Crippen LogP contribution in [0.15, 0.2) is 58.6 Å². The van der Waals surface area contributed by atoms with Crippen molar-refractivity contribution in [1.29, 1.82) is 0 Å². The minimum atomic E-state index is -3.59. The number of tetrazole rings is 1. The van der Waals surface area contributed by atoms with Crippen molar-refractivity contribution in [3.8, 4) is 11.4 Å². The van der Waals surface area contributed by atoms with Crippen molar-refractivity contribution in [3.05, 3.63) is 48.5 Å². The summed E-state index contributed by atoms with van der Waals surface area (Å²) in [6.45, 7) is 0. The minimum Gasteiger partial charge on any atom is -0.497 e. The van der Waals surface area contributed by atoms with E-state index in [-0.39, 0.29) is 16.6 Å². The third-order valence-electron chi connectivity index (χ3n) is 3.99. The number of methoxy groups -OCH3 is 1. The fourth-order valence-electron chi connectivity index (χ4n) is 2.43. The van der Waals surface area contributed by atoms with Crippen molar-refractivity contribution in [2.24, 2.45) is 0 Å². The summed E-state index contributed by atoms with van der Waals surface area (Å²) < 4.78 is 32.2. The molecule has 10 nitrogen and oxygen atoms in total. The fraction of sp³-hybridized carbons (Fsp3) is 0.222. The number of aromatic nitrogens is 4. The van der Waals surface area contributed by atoms with E-state index in [0.29, 0.717) is 16.6 Å². The molecule has 12 heteroatoms. The number of thioether (sulfide) groups is 1. The lowest BCUT2D eigenvalue weighted by Crippen LogP contribution is -2.22. The molecular formula is C18H20N6O4S2. The van der Waals surface area contributed by atoms with Crippen LogP contribution >= 0.6 is 11.8 Å². The van der Waals surface area contributed by atoms with Crippen LogP contribution in [0.2, 0.25) is 0 Å². The molecule has 158 valence electrons. The third-order valence-corrected chi connectivity index (χ3v) is 6.72. The van der Waals surface area contributed by atoms with Crippen LogP contribution in [0, 0.1) is 0 Å². The number of rotatable bonds is 8. The Labute approximate surface area is 178 Å². The van der Waals surface area contributed by atoms with Crippen LogP contribution < -0.4 is 10.1 Å². The zero-order valence-corrected chi connectivity index (χ0v) is 18.1. The van der Waals surface area contributed by atoms with Gasteiger partial charge in [0.15, 0.2) is 0 Å². The van der Waals surface area contributed by atoms with Gasteiger partial charge in [0.1, 0.15) is 5.75 Å². The Morgan fingerprint density at radius 2 is 1.93 bits per heavy atom. The second-order valence-corrected chi connectivity index (χ2v) is 9.32. The van der Waals surface area contributed by atoms with Crippen molar-refractivity contribution in [2.45, 2.75) is 10.1 Å². The first-order valence-electron chi connectivity index (χ1n) is 8.69. The van der Waals surface area contributed by atoms with E-state index in [1.807, 2.05) is 0 Å². The molecule has 0 bridgehead atoms. The quantitative estimate of drug-likeness (QED) is 0.517. The molecule has 1 heterocycles. The van der Waals surface area contributed by atoms with Crippen LogP contribution in [-0.4, -0.2) is 65.8 Å². The number of sulfonamides is 1. The van der Waals surface area contributed by atoms with Crippen molar-refractivity contribution in [3.63, 3.8) is 0 Å². The molecule has 0 radical (unpaired) electrons. The Morgan fingerprint density at radius 1 is 1.20 bits per heavy atom. The number of carbonyl (C=O) groups excluding carboxylic acids is 1. The van der Waals surface area contributed by atoms with Crippen LogP contribution in [0.4, 0.5) is 5.69 Å². The highest BCUT2D eigenvalue weighted by Gasteiger charge is 2.18. The van der Waals surface area contributed by atoms with E-state index < -0.39 is 10.0 Å². The summed E-state index contributed by atoms with van der Waals surface area (Å²) in [6.07, 6.45) is 0. The van der Waals surface area contributed by atoms with Crippen LogP contribution in [0.1, 0.15) is 0 Å². The molecule has 3 rings (SSSR count). The molecule has 0 atom stereocenters. The highest BCUT2D eigenvalue weighted by molar-refractivity contribution is 7.99. The summed E-state index contributed by atoms with van der Waals surface area (Å²) >= 11 is 1.16. The molecule has 30 heavy (non-hydrogen) atoms. The maximum Gasteiger partial charge on any atom is 0.242 e. The first-order valence-corrected chi connectivity index (χ1v) is 11.1. The Balaban J connectivity index is 1.66. The molecule has 0 spiro atoms. The van der Waals surface area contributed by atoms with E-state index in [0.717, 1.165) is 21.8 Å². The Morgan fingerprint density at radius 3 is 2.60 bits per heavy atom. The average Bonchev–Trinajstić information content (AvgIpc) is 3.21. The summed E-state index contributed by atoms with van der Waals surface area (Å²) in [6, 6.07) is 13.3. The number of hydrogen-bond acceptors (Lipinski definition) is 8. The zero-order valence-electron chi connectivity index (χ0n) is 16.5. The highest BCUT2D eigenvalue weighted by atomic mass is 32.2. The molecule has 0 fully saturated rings. The van der Waals surface area contributed by atoms with E-state index in [1.165, 1.54) is 30.9 Å². The van der Waals surface area contributed by atoms with Gasteiger partial charge in [0, 0.05) is 19.8 Å². The molecule has 2 aromatic carbocycles. The topological polar surface area (TPSA) is 119 Å². The van der Waals surface area contributed by atoms with Gasteiger partial charge < -0.3 is 10.1 Å². The Bertz CT molecular complexity index is 1130. The number of benzene rings is 2. The van der Waals surface area contributed by atoms with E-state index in [4.69, 9.17) is 4.74 Å². The van der Waals surface area contributed by atoms with Crippen molar-refractivity contribution in [2.75, 3.05) is 32.3 Å². The van der Waals surface area contributed by atoms with Gasteiger partial charge in [0.05, 0.1) is 23.4 Å². The van der Waals surface area contributed by atoms with Crippen molar-refractivity contribution < 1.29 is 17.9 Å². The second-order valence-electron chi connectivity index (χ2n) is 6.22. The Hall–Kier alpha value is -2.96. The number of carbonyl (C=O) groups is 1. The van der Waals surface area contributed by atoms with Gasteiger partial charge in [-0.25, -0.2) is 12.7 Å². The lowest BCUT2D eigenvalue weighted by Gasteiger charge is -2.12. The summed E-state index contributed by atoms with van der Waals surface area (Å²) in [4.78, 5) is 12.4. The zero-order chi connectivity index (χ0) is 21.7. The van der Waals surface area contributed by atoms with Crippen LogP contribution in [0.3, 0.4) is 0 Å². The van der Waals surface area contributed by atoms with Gasteiger partial charge >= 0.3 is 0 Å². The second kappa shape index (κ2) is 9.24. The summed E-state index contributed by atoms with van der Waals surface area (Å²) in [5.74, 6) is 0.434. The van der Waals surface area contributed by atoms with Gasteiger partial charge in [-0.1, -0.05) is 17.8 Å². The first kappa shape index (κ1) is 21.7. The predicted octanol–water partition coefficient (Wildman–Crippen LogP) is 1.65. The molecule has 0 aliphatic rings. The van der Waals surface area contributed by atoms with Gasteiger partial charge in [-0.15, -0.1) is 5.10 Å². The highest BCUT2D eigenvalue weighted by Crippen LogP contribution is 2.21. The number of nitrogens with zero attached hydrogens (tertiary/aromatic N) is 5. The van der Waals surface area contributed by atoms with Gasteiger partial charge in [0.25, 0.3) is 0 Å². The number of hydrogen-bond donors (Lipinski definition) is 1. The van der Waals surface area contributed by atoms with E-state index in [1.54, 1.807) is 43.5 Å². The van der Waals surface area contributed by atoms with E-state index in [2.05, 4.69) is 20.8 Å². The largest absolute Gasteiger partial charge is 0.497 e. The molecule has 0 saturated carbocycles. The molecule has 0 saturated heterocycles. The van der Waals surface area contributed by atoms with Crippen molar-refractivity contribution >= 4 is 33.4 Å². The average molecular weight is 449 g/mol. The van der Waals surface area contributed by atoms with Gasteiger partial charge in [-0.3, -0.25) is 4.79 Å². The maximum atomic E-state index is 12.3. The smallest absolute Gasteiger partial charge is 0.242 e. The van der Waals surface area contributed by atoms with Gasteiger partial charge in [-0.2, -0.15) is 4.68 Å². The Kier molecular flexibility index (Phi) is 6.70. The summed E-state index contributed by atoms with van der Waals surface area (Å²) in [5, 5.41) is 14.7. The molecule has 0 unspecified atom stereocenters. The van der Waals surface area contributed by atoms with E-state index in [9.17, 15) is 13.2 Å². The standard InChI is InChI=1S/C18H20N6O4S2/c1-23(2)30(26,27)16-6-4-5-13(11-16)19-17(25)12-29-18-20-21-22-24(18)14-7-9-15(28-3)10-8-14/h4-11H,12H2,1-3H3,(H,19,25). The molecule has 1 amide bonds. The summed E-state index contributed by atoms with van der Waals surface area (Å²) in [5.41, 5.74) is 1.11. The number of amides is 1. The third kappa shape index (κ3) is 4.96. The minimum absolute atomic E-state index is 0.0428. The van der Waals surface area contributed by atoms with Crippen LogP contribution in [0.5, 0.6) is 5.75 Å². The predicted molar refractivity (Wildman–Crippen MR) is 112 cm³/mol. The van der Waals surface area contributed by atoms with Crippen molar-refractivity contribution in [1.82, 2.24) is 24.5 Å². The van der Waals surface area contributed by atoms with Gasteiger partial charge in [-0.05, 0) is 52.9 Å². The molecule has 3 aromatic rings. The number of ether oxygens (including phenoxy) is 1. The fourth-order valence-corrected chi connectivity index (χ4v) is 4.07. The lowest BCUT2D eigenvalue weighted by molar-refractivity contribution is -0.113. The van der Waals surface area contributed by atoms with Crippen LogP contribution in [-0.2, 0) is 14.8 Å². The molecule has 0 aliphatic carbocycles. The normalized spacial score (nSPS) is 11.5. The summed E-state index contributed by atoms with van der Waals surface area (Å²) in [7, 11) is 0.892. The number of nitrogens with one attached hydrogen (secondary N) is 1. The van der Waals surface area contributed by atoms with Gasteiger partial charge in [0.2, 0.25) is 21.1 Å². The van der Waals surface area contributed by atoms with Crippen LogP contribution in [0.25, 0.3) is 5.69 Å². The lowest BCUT2D eigenvalue weighted by atomic mass is 10.3. The molecular weight excluding hydrogens is 428 g/mol. The molecule has 0 aliphatic heterocycles. The van der Waals surface area contributed by atoms with E-state index >= 15 is 0 Å². The monoisotopic (exact) mass is 448 g/mol. The molecule has 1 N–H and O–H groups in total. The molecule has 1 aromatic heterocycles.